The lowest BCUT2D eigenvalue weighted by molar-refractivity contribution is -0.156. The molecule has 0 fully saturated rings. The minimum atomic E-state index is -1.15. The van der Waals surface area contributed by atoms with Gasteiger partial charge in [0.2, 0.25) is 0 Å². The predicted molar refractivity (Wildman–Crippen MR) is 205 cm³/mol. The topological polar surface area (TPSA) is 200 Å². The largest absolute Gasteiger partial charge is 0.481 e. The quantitative estimate of drug-likeness (QED) is 0.0265. The van der Waals surface area contributed by atoms with Crippen molar-refractivity contribution in [2.45, 2.75) is 218 Å². The fraction of sp³-hybridized carbons (Fsp3) is 0.878. The van der Waals surface area contributed by atoms with Gasteiger partial charge in [0.15, 0.2) is 0 Å². The number of aliphatic hydroxyl groups excluding tert-OH is 1. The standard InChI is InChI=1S/C41H75NO11/c1-2-3-18-26-36(53-40(48)31-30-34(42)41(49)50)35(43)25-19-14-10-8-9-13-17-22-29-39(47)52-33-24-23-32-51-38(46)28-21-16-12-7-5-4-6-11-15-20-27-37(44)45/h34-36,43H,2-33,42H2,1H3,(H,44,45)(H,49,50)/t34-,35?,36?/m1/s1. The molecule has 0 amide bonds. The summed E-state index contributed by atoms with van der Waals surface area (Å²) in [7, 11) is 0. The number of carboxylic acids is 2. The molecule has 0 saturated carbocycles. The van der Waals surface area contributed by atoms with Gasteiger partial charge in [-0.1, -0.05) is 116 Å². The molecule has 0 bridgehead atoms. The first-order chi connectivity index (χ1) is 25.6. The van der Waals surface area contributed by atoms with E-state index in [-0.39, 0.29) is 31.2 Å². The van der Waals surface area contributed by atoms with Crippen molar-refractivity contribution in [3.63, 3.8) is 0 Å². The first-order valence-electron chi connectivity index (χ1n) is 21.0. The number of hydrogen-bond donors (Lipinski definition) is 4. The highest BCUT2D eigenvalue weighted by atomic mass is 16.6. The Morgan fingerprint density at radius 2 is 0.906 bits per heavy atom. The molecule has 0 heterocycles. The molecule has 12 nitrogen and oxygen atoms in total. The van der Waals surface area contributed by atoms with Gasteiger partial charge in [-0.25, -0.2) is 0 Å². The van der Waals surface area contributed by atoms with Crippen molar-refractivity contribution < 1.29 is 53.5 Å². The fourth-order valence-corrected chi connectivity index (χ4v) is 6.10. The normalized spacial score (nSPS) is 12.9. The number of carboxylic acid groups (broad SMARTS) is 2. The van der Waals surface area contributed by atoms with Gasteiger partial charge in [-0.2, -0.15) is 0 Å². The number of carbonyl (C=O) groups is 5. The van der Waals surface area contributed by atoms with Crippen molar-refractivity contribution in [2.75, 3.05) is 13.2 Å². The second-order valence-corrected chi connectivity index (χ2v) is 14.5. The van der Waals surface area contributed by atoms with Gasteiger partial charge < -0.3 is 35.3 Å². The maximum Gasteiger partial charge on any atom is 0.320 e. The Hall–Kier alpha value is -2.73. The second-order valence-electron chi connectivity index (χ2n) is 14.5. The molecule has 53 heavy (non-hydrogen) atoms. The van der Waals surface area contributed by atoms with E-state index >= 15 is 0 Å². The Bertz CT molecular complexity index is 945. The third-order valence-electron chi connectivity index (χ3n) is 9.50. The molecule has 0 aliphatic rings. The molecule has 0 aromatic rings. The zero-order valence-corrected chi connectivity index (χ0v) is 33.0. The SMILES string of the molecule is CCCCCC(OC(=O)CC[C@@H](N)C(=O)O)C(O)CCCCCCCCCCC(=O)OCCCCOC(=O)CCCCCCCCCCCCC(=O)O. The molecule has 0 saturated heterocycles. The number of unbranched alkanes of at least 4 members (excludes halogenated alkanes) is 19. The highest BCUT2D eigenvalue weighted by Crippen LogP contribution is 2.19. The fourth-order valence-electron chi connectivity index (χ4n) is 6.10. The van der Waals surface area contributed by atoms with Crippen molar-refractivity contribution in [3.05, 3.63) is 0 Å². The van der Waals surface area contributed by atoms with E-state index in [1.165, 1.54) is 19.3 Å². The number of rotatable bonds is 39. The van der Waals surface area contributed by atoms with Crippen molar-refractivity contribution >= 4 is 29.8 Å². The number of hydrogen-bond acceptors (Lipinski definition) is 10. The van der Waals surface area contributed by atoms with Gasteiger partial charge >= 0.3 is 29.8 Å². The van der Waals surface area contributed by atoms with Crippen LogP contribution in [0.3, 0.4) is 0 Å². The van der Waals surface area contributed by atoms with E-state index in [4.69, 9.17) is 30.2 Å². The average Bonchev–Trinajstić information content (AvgIpc) is 3.12. The van der Waals surface area contributed by atoms with Crippen LogP contribution in [0.1, 0.15) is 200 Å². The van der Waals surface area contributed by atoms with Gasteiger partial charge in [-0.05, 0) is 57.8 Å². The highest BCUT2D eigenvalue weighted by molar-refractivity contribution is 5.75. The molecule has 5 N–H and O–H groups in total. The Kier molecular flexibility index (Phi) is 34.4. The predicted octanol–water partition coefficient (Wildman–Crippen LogP) is 8.56. The Morgan fingerprint density at radius 1 is 0.491 bits per heavy atom. The van der Waals surface area contributed by atoms with E-state index in [2.05, 4.69) is 6.92 Å². The summed E-state index contributed by atoms with van der Waals surface area (Å²) in [5.41, 5.74) is 5.48. The van der Waals surface area contributed by atoms with Crippen molar-refractivity contribution in [3.8, 4) is 0 Å². The lowest BCUT2D eigenvalue weighted by Gasteiger charge is -2.23. The van der Waals surface area contributed by atoms with E-state index < -0.39 is 36.2 Å². The minimum Gasteiger partial charge on any atom is -0.481 e. The minimum absolute atomic E-state index is 0.00392. The van der Waals surface area contributed by atoms with E-state index in [1.54, 1.807) is 0 Å². The summed E-state index contributed by atoms with van der Waals surface area (Å²) in [5, 5.41) is 28.2. The van der Waals surface area contributed by atoms with E-state index in [9.17, 15) is 29.1 Å². The van der Waals surface area contributed by atoms with E-state index in [0.29, 0.717) is 51.7 Å². The van der Waals surface area contributed by atoms with Crippen LogP contribution in [0.5, 0.6) is 0 Å². The Labute approximate surface area is 319 Å². The van der Waals surface area contributed by atoms with E-state index in [1.807, 2.05) is 0 Å². The molecule has 0 spiro atoms. The summed E-state index contributed by atoms with van der Waals surface area (Å²) >= 11 is 0. The van der Waals surface area contributed by atoms with Crippen LogP contribution in [0.15, 0.2) is 0 Å². The van der Waals surface area contributed by atoms with Crippen LogP contribution in [0.2, 0.25) is 0 Å². The molecule has 0 aromatic carbocycles. The van der Waals surface area contributed by atoms with Crippen LogP contribution >= 0.6 is 0 Å². The van der Waals surface area contributed by atoms with Gasteiger partial charge in [0.05, 0.1) is 19.3 Å². The summed E-state index contributed by atoms with van der Waals surface area (Å²) in [5.74, 6) is -2.73. The van der Waals surface area contributed by atoms with Crippen LogP contribution in [-0.2, 0) is 38.2 Å². The summed E-state index contributed by atoms with van der Waals surface area (Å²) in [6, 6.07) is -1.11. The number of carbonyl (C=O) groups excluding carboxylic acids is 3. The molecule has 12 heteroatoms. The molecule has 0 aliphatic heterocycles. The second kappa shape index (κ2) is 36.3. The summed E-state index contributed by atoms with van der Waals surface area (Å²) in [6.45, 7) is 2.78. The Morgan fingerprint density at radius 3 is 1.34 bits per heavy atom. The number of aliphatic hydroxyl groups is 1. The average molecular weight is 758 g/mol. The van der Waals surface area contributed by atoms with Gasteiger partial charge in [0, 0.05) is 25.7 Å². The highest BCUT2D eigenvalue weighted by Gasteiger charge is 2.24. The number of nitrogens with two attached hydrogens (primary N) is 1. The molecule has 0 radical (unpaired) electrons. The third kappa shape index (κ3) is 34.8. The maximum absolute atomic E-state index is 12.2. The molecule has 3 atom stereocenters. The molecular weight excluding hydrogens is 682 g/mol. The van der Waals surface area contributed by atoms with Crippen molar-refractivity contribution in [1.29, 1.82) is 0 Å². The van der Waals surface area contributed by atoms with Gasteiger partial charge in [-0.3, -0.25) is 24.0 Å². The maximum atomic E-state index is 12.2. The Balaban J connectivity index is 3.68. The number of aliphatic carboxylic acids is 2. The molecule has 0 rings (SSSR count). The zero-order valence-electron chi connectivity index (χ0n) is 33.0. The van der Waals surface area contributed by atoms with Gasteiger partial charge in [-0.15, -0.1) is 0 Å². The van der Waals surface area contributed by atoms with Gasteiger partial charge in [0.1, 0.15) is 12.1 Å². The molecular formula is C41H75NO11. The smallest absolute Gasteiger partial charge is 0.320 e. The van der Waals surface area contributed by atoms with Crippen molar-refractivity contribution in [2.24, 2.45) is 5.73 Å². The van der Waals surface area contributed by atoms with Crippen LogP contribution in [-0.4, -0.2) is 76.6 Å². The molecule has 2 unspecified atom stereocenters. The van der Waals surface area contributed by atoms with Gasteiger partial charge in [0.25, 0.3) is 0 Å². The zero-order chi connectivity index (χ0) is 39.4. The lowest BCUT2D eigenvalue weighted by atomic mass is 9.99. The third-order valence-corrected chi connectivity index (χ3v) is 9.50. The van der Waals surface area contributed by atoms with E-state index in [0.717, 1.165) is 116 Å². The number of esters is 3. The van der Waals surface area contributed by atoms with Crippen LogP contribution < -0.4 is 5.73 Å². The molecule has 0 aliphatic carbocycles. The van der Waals surface area contributed by atoms with Crippen LogP contribution in [0.25, 0.3) is 0 Å². The van der Waals surface area contributed by atoms with Crippen molar-refractivity contribution in [1.82, 2.24) is 0 Å². The van der Waals surface area contributed by atoms with Crippen LogP contribution in [0, 0.1) is 0 Å². The summed E-state index contributed by atoms with van der Waals surface area (Å²) in [4.78, 5) is 57.5. The lowest BCUT2D eigenvalue weighted by Crippen LogP contribution is -2.33. The first kappa shape index (κ1) is 50.3. The first-order valence-corrected chi connectivity index (χ1v) is 21.0. The molecule has 310 valence electrons. The molecule has 0 aromatic heterocycles. The summed E-state index contributed by atoms with van der Waals surface area (Å²) in [6.07, 6.45) is 23.5. The van der Waals surface area contributed by atoms with Crippen LogP contribution in [0.4, 0.5) is 0 Å². The number of ether oxygens (including phenoxy) is 3. The summed E-state index contributed by atoms with van der Waals surface area (Å²) < 4.78 is 16.1. The monoisotopic (exact) mass is 758 g/mol.